The van der Waals surface area contributed by atoms with Gasteiger partial charge in [0.15, 0.2) is 0 Å². The molecule has 0 aliphatic heterocycles. The Bertz CT molecular complexity index is 892. The second-order valence-electron chi connectivity index (χ2n) is 5.74. The first-order valence-corrected chi connectivity index (χ1v) is 8.15. The summed E-state index contributed by atoms with van der Waals surface area (Å²) in [5, 5.41) is 10.9. The lowest BCUT2D eigenvalue weighted by atomic mass is 10.0. The molecule has 130 valence electrons. The van der Waals surface area contributed by atoms with E-state index in [1.54, 1.807) is 7.11 Å². The molecule has 3 rings (SSSR count). The zero-order valence-electron chi connectivity index (χ0n) is 14.7. The van der Waals surface area contributed by atoms with Gasteiger partial charge in [-0.3, -0.25) is 5.41 Å². The molecule has 0 saturated heterocycles. The van der Waals surface area contributed by atoms with Crippen LogP contribution >= 0.6 is 12.4 Å². The molecular formula is C21H23ClN2O. The van der Waals surface area contributed by atoms with Gasteiger partial charge in [0.25, 0.3) is 0 Å². The number of ether oxygens (including phenoxy) is 1. The van der Waals surface area contributed by atoms with Gasteiger partial charge in [-0.05, 0) is 43.0 Å². The average Bonchev–Trinajstić information content (AvgIpc) is 2.62. The van der Waals surface area contributed by atoms with Gasteiger partial charge in [-0.25, -0.2) is 0 Å². The van der Waals surface area contributed by atoms with Crippen molar-refractivity contribution in [1.82, 2.24) is 0 Å². The molecule has 0 unspecified atom stereocenters. The van der Waals surface area contributed by atoms with Crippen molar-refractivity contribution in [1.29, 1.82) is 5.41 Å². The first-order chi connectivity index (χ1) is 11.7. The number of hydrogen-bond donors (Lipinski definition) is 1. The second-order valence-corrected chi connectivity index (χ2v) is 5.74. The summed E-state index contributed by atoms with van der Waals surface area (Å²) in [6, 6.07) is 20.2. The molecule has 0 spiro atoms. The number of amidine groups is 1. The minimum atomic E-state index is 0. The average molecular weight is 355 g/mol. The van der Waals surface area contributed by atoms with Gasteiger partial charge in [0.2, 0.25) is 0 Å². The van der Waals surface area contributed by atoms with Crippen molar-refractivity contribution in [2.45, 2.75) is 13.8 Å². The van der Waals surface area contributed by atoms with Crippen molar-refractivity contribution in [3.63, 3.8) is 0 Å². The van der Waals surface area contributed by atoms with Crippen LogP contribution in [-0.2, 0) is 0 Å². The molecule has 3 aromatic rings. The van der Waals surface area contributed by atoms with Gasteiger partial charge in [-0.2, -0.15) is 0 Å². The van der Waals surface area contributed by atoms with E-state index in [4.69, 9.17) is 10.1 Å². The number of halogens is 1. The van der Waals surface area contributed by atoms with E-state index < -0.39 is 0 Å². The smallest absolute Gasteiger partial charge is 0.133 e. The predicted molar refractivity (Wildman–Crippen MR) is 109 cm³/mol. The first kappa shape index (κ1) is 18.8. The number of benzene rings is 3. The molecule has 0 radical (unpaired) electrons. The molecule has 3 aromatic carbocycles. The van der Waals surface area contributed by atoms with Gasteiger partial charge in [0.1, 0.15) is 11.6 Å². The largest absolute Gasteiger partial charge is 0.496 e. The van der Waals surface area contributed by atoms with Crippen LogP contribution in [0.2, 0.25) is 0 Å². The molecule has 0 aromatic heterocycles. The molecule has 0 saturated carbocycles. The number of methoxy groups -OCH3 is 1. The number of hydrogen-bond acceptors (Lipinski definition) is 2. The standard InChI is InChI=1S/C21H22N2O.ClH/c1-4-23(19-12-8-5-9-15(19)2)21(22)18-13-14-20(24-3)17-11-7-6-10-16(17)18;/h5-14,22H,4H2,1-3H3;1H. The van der Waals surface area contributed by atoms with Crippen LogP contribution in [0.3, 0.4) is 0 Å². The Morgan fingerprint density at radius 3 is 2.24 bits per heavy atom. The monoisotopic (exact) mass is 354 g/mol. The molecule has 0 aliphatic rings. The summed E-state index contributed by atoms with van der Waals surface area (Å²) < 4.78 is 5.47. The van der Waals surface area contributed by atoms with Crippen LogP contribution in [0.4, 0.5) is 5.69 Å². The van der Waals surface area contributed by atoms with Gasteiger partial charge < -0.3 is 9.64 Å². The van der Waals surface area contributed by atoms with Crippen LogP contribution in [0, 0.1) is 12.3 Å². The van der Waals surface area contributed by atoms with E-state index in [1.165, 1.54) is 5.56 Å². The van der Waals surface area contributed by atoms with Gasteiger partial charge >= 0.3 is 0 Å². The van der Waals surface area contributed by atoms with Crippen LogP contribution in [0.15, 0.2) is 60.7 Å². The Kier molecular flexibility index (Phi) is 6.05. The second kappa shape index (κ2) is 8.04. The highest BCUT2D eigenvalue weighted by Crippen LogP contribution is 2.30. The molecule has 3 nitrogen and oxygen atoms in total. The van der Waals surface area contributed by atoms with Crippen molar-refractivity contribution in [3.8, 4) is 5.75 Å². The molecule has 0 aliphatic carbocycles. The molecule has 0 bridgehead atoms. The highest BCUT2D eigenvalue weighted by molar-refractivity contribution is 6.16. The zero-order chi connectivity index (χ0) is 17.1. The van der Waals surface area contributed by atoms with Crippen LogP contribution < -0.4 is 9.64 Å². The Hall–Kier alpha value is -2.52. The lowest BCUT2D eigenvalue weighted by Crippen LogP contribution is -2.31. The maximum atomic E-state index is 8.82. The Morgan fingerprint density at radius 1 is 0.960 bits per heavy atom. The minimum absolute atomic E-state index is 0. The van der Waals surface area contributed by atoms with E-state index in [-0.39, 0.29) is 12.4 Å². The summed E-state index contributed by atoms with van der Waals surface area (Å²) in [5.74, 6) is 1.34. The lowest BCUT2D eigenvalue weighted by Gasteiger charge is -2.26. The number of aryl methyl sites for hydroxylation is 1. The van der Waals surface area contributed by atoms with Gasteiger partial charge in [0, 0.05) is 23.2 Å². The fourth-order valence-electron chi connectivity index (χ4n) is 3.12. The molecule has 0 heterocycles. The number of para-hydroxylation sites is 1. The molecule has 0 fully saturated rings. The third-order valence-electron chi connectivity index (χ3n) is 4.35. The third-order valence-corrected chi connectivity index (χ3v) is 4.35. The van der Waals surface area contributed by atoms with Gasteiger partial charge in [0.05, 0.1) is 7.11 Å². The number of anilines is 1. The predicted octanol–water partition coefficient (Wildman–Crippen LogP) is 5.43. The van der Waals surface area contributed by atoms with E-state index in [9.17, 15) is 0 Å². The maximum absolute atomic E-state index is 8.82. The van der Waals surface area contributed by atoms with E-state index in [0.717, 1.165) is 34.3 Å². The van der Waals surface area contributed by atoms with Gasteiger partial charge in [-0.1, -0.05) is 42.5 Å². The minimum Gasteiger partial charge on any atom is -0.496 e. The highest BCUT2D eigenvalue weighted by Gasteiger charge is 2.17. The van der Waals surface area contributed by atoms with Crippen molar-refractivity contribution < 1.29 is 4.74 Å². The topological polar surface area (TPSA) is 36.3 Å². The number of rotatable bonds is 4. The quantitative estimate of drug-likeness (QED) is 0.501. The molecule has 0 atom stereocenters. The molecular weight excluding hydrogens is 332 g/mol. The SMILES string of the molecule is CCN(C(=N)c1ccc(OC)c2ccccc12)c1ccccc1C.Cl. The molecule has 25 heavy (non-hydrogen) atoms. The van der Waals surface area contributed by atoms with Crippen molar-refractivity contribution in [3.05, 3.63) is 71.8 Å². The summed E-state index contributed by atoms with van der Waals surface area (Å²) >= 11 is 0. The fourth-order valence-corrected chi connectivity index (χ4v) is 3.12. The van der Waals surface area contributed by atoms with E-state index in [1.807, 2.05) is 53.4 Å². The van der Waals surface area contributed by atoms with Crippen LogP contribution in [0.1, 0.15) is 18.1 Å². The summed E-state index contributed by atoms with van der Waals surface area (Å²) in [6.07, 6.45) is 0. The highest BCUT2D eigenvalue weighted by atomic mass is 35.5. The normalized spacial score (nSPS) is 10.2. The Labute approximate surface area is 155 Å². The summed E-state index contributed by atoms with van der Waals surface area (Å²) in [6.45, 7) is 4.90. The zero-order valence-corrected chi connectivity index (χ0v) is 15.6. The third kappa shape index (κ3) is 3.47. The van der Waals surface area contributed by atoms with Crippen molar-refractivity contribution >= 4 is 34.7 Å². The summed E-state index contributed by atoms with van der Waals surface area (Å²) in [4.78, 5) is 2.05. The van der Waals surface area contributed by atoms with Crippen molar-refractivity contribution in [2.24, 2.45) is 0 Å². The van der Waals surface area contributed by atoms with Crippen molar-refractivity contribution in [2.75, 3.05) is 18.6 Å². The van der Waals surface area contributed by atoms with E-state index >= 15 is 0 Å². The van der Waals surface area contributed by atoms with E-state index in [2.05, 4.69) is 26.0 Å². The summed E-state index contributed by atoms with van der Waals surface area (Å²) in [5.41, 5.74) is 3.16. The lowest BCUT2D eigenvalue weighted by molar-refractivity contribution is 0.420. The number of nitrogens with zero attached hydrogens (tertiary/aromatic N) is 1. The van der Waals surface area contributed by atoms with Crippen LogP contribution in [0.25, 0.3) is 10.8 Å². The number of fused-ring (bicyclic) bond motifs is 1. The molecule has 4 heteroatoms. The molecule has 0 amide bonds. The first-order valence-electron chi connectivity index (χ1n) is 8.15. The van der Waals surface area contributed by atoms with Crippen LogP contribution in [-0.4, -0.2) is 19.5 Å². The van der Waals surface area contributed by atoms with Gasteiger partial charge in [-0.15, -0.1) is 12.4 Å². The Balaban J connectivity index is 0.00000225. The van der Waals surface area contributed by atoms with Crippen LogP contribution in [0.5, 0.6) is 5.75 Å². The number of nitrogens with one attached hydrogen (secondary N) is 1. The molecule has 1 N–H and O–H groups in total. The fraction of sp³-hybridized carbons (Fsp3) is 0.190. The Morgan fingerprint density at radius 2 is 1.60 bits per heavy atom. The van der Waals surface area contributed by atoms with E-state index in [0.29, 0.717) is 5.84 Å². The maximum Gasteiger partial charge on any atom is 0.133 e. The summed E-state index contributed by atoms with van der Waals surface area (Å²) in [7, 11) is 1.68.